The van der Waals surface area contributed by atoms with Crippen LogP contribution in [0.2, 0.25) is 0 Å². The number of carbonyl (C=O) groups is 1. The molecule has 8 nitrogen and oxygen atoms in total. The van der Waals surface area contributed by atoms with E-state index in [1.807, 2.05) is 0 Å². The molecule has 0 saturated heterocycles. The molecule has 1 heterocycles. The lowest BCUT2D eigenvalue weighted by Crippen LogP contribution is -2.14. The summed E-state index contributed by atoms with van der Waals surface area (Å²) in [5, 5.41) is 13.1. The zero-order valence-corrected chi connectivity index (χ0v) is 10.8. The minimum Gasteiger partial charge on any atom is -0.335 e. The Hall–Kier alpha value is -2.81. The lowest BCUT2D eigenvalue weighted by molar-refractivity contribution is -0.384. The molecule has 0 atom stereocenters. The number of aromatic nitrogens is 2. The Balaban J connectivity index is 2.22. The number of nitrogens with one attached hydrogen (secondary N) is 1. The number of halogens is 1. The molecule has 0 aliphatic carbocycles. The van der Waals surface area contributed by atoms with Crippen molar-refractivity contribution in [2.45, 2.75) is 6.54 Å². The van der Waals surface area contributed by atoms with Crippen LogP contribution in [0.1, 0.15) is 10.5 Å². The van der Waals surface area contributed by atoms with Gasteiger partial charge >= 0.3 is 0 Å². The number of nitrogens with two attached hydrogens (primary N) is 1. The van der Waals surface area contributed by atoms with Crippen molar-refractivity contribution < 1.29 is 14.1 Å². The molecule has 2 rings (SSSR count). The molecule has 2 aromatic rings. The largest absolute Gasteiger partial charge is 0.335 e. The zero-order valence-electron chi connectivity index (χ0n) is 10.8. The van der Waals surface area contributed by atoms with Gasteiger partial charge in [-0.3, -0.25) is 14.9 Å². The SMILES string of the molecule is NCCn1cnc(C(=O)Nc2cc(F)ccc2[N+](=O)[O-])c1. The minimum absolute atomic E-state index is 0.0574. The van der Waals surface area contributed by atoms with E-state index in [4.69, 9.17) is 5.73 Å². The summed E-state index contributed by atoms with van der Waals surface area (Å²) in [6.45, 7) is 0.868. The molecule has 0 aliphatic heterocycles. The number of rotatable bonds is 5. The van der Waals surface area contributed by atoms with Crippen molar-refractivity contribution >= 4 is 17.3 Å². The molecule has 1 amide bonds. The van der Waals surface area contributed by atoms with E-state index in [0.29, 0.717) is 13.1 Å². The quantitative estimate of drug-likeness (QED) is 0.633. The second-order valence-electron chi connectivity index (χ2n) is 4.16. The highest BCUT2D eigenvalue weighted by Gasteiger charge is 2.18. The van der Waals surface area contributed by atoms with Crippen LogP contribution in [0.15, 0.2) is 30.7 Å². The molecular weight excluding hydrogens is 281 g/mol. The first-order valence-corrected chi connectivity index (χ1v) is 5.98. The van der Waals surface area contributed by atoms with Crippen molar-refractivity contribution in [1.29, 1.82) is 0 Å². The van der Waals surface area contributed by atoms with E-state index in [1.54, 1.807) is 4.57 Å². The predicted octanol–water partition coefficient (Wildman–Crippen LogP) is 1.14. The van der Waals surface area contributed by atoms with E-state index in [1.165, 1.54) is 12.5 Å². The van der Waals surface area contributed by atoms with Crippen LogP contribution in [0, 0.1) is 15.9 Å². The van der Waals surface area contributed by atoms with Crippen molar-refractivity contribution in [2.75, 3.05) is 11.9 Å². The van der Waals surface area contributed by atoms with E-state index in [2.05, 4.69) is 10.3 Å². The van der Waals surface area contributed by atoms with Gasteiger partial charge in [-0.25, -0.2) is 9.37 Å². The van der Waals surface area contributed by atoms with Crippen LogP contribution in [0.5, 0.6) is 0 Å². The molecule has 0 radical (unpaired) electrons. The predicted molar refractivity (Wildman–Crippen MR) is 72.3 cm³/mol. The topological polar surface area (TPSA) is 116 Å². The lowest BCUT2D eigenvalue weighted by atomic mass is 10.2. The third-order valence-electron chi connectivity index (χ3n) is 2.66. The molecule has 0 spiro atoms. The van der Waals surface area contributed by atoms with E-state index in [0.717, 1.165) is 18.2 Å². The zero-order chi connectivity index (χ0) is 15.4. The van der Waals surface area contributed by atoms with Gasteiger partial charge in [-0.1, -0.05) is 0 Å². The van der Waals surface area contributed by atoms with Gasteiger partial charge in [0.1, 0.15) is 17.2 Å². The van der Waals surface area contributed by atoms with Crippen LogP contribution in [0.4, 0.5) is 15.8 Å². The molecule has 0 unspecified atom stereocenters. The molecule has 1 aromatic heterocycles. The standard InChI is InChI=1S/C12H12FN5O3/c13-8-1-2-11(18(20)21)9(5-8)16-12(19)10-6-17(4-3-14)7-15-10/h1-2,5-7H,3-4,14H2,(H,16,19). The van der Waals surface area contributed by atoms with Gasteiger partial charge in [0.15, 0.2) is 0 Å². The number of nitro benzene ring substituents is 1. The van der Waals surface area contributed by atoms with Crippen LogP contribution >= 0.6 is 0 Å². The van der Waals surface area contributed by atoms with E-state index in [-0.39, 0.29) is 11.4 Å². The van der Waals surface area contributed by atoms with Gasteiger partial charge in [0.25, 0.3) is 11.6 Å². The second-order valence-corrected chi connectivity index (χ2v) is 4.16. The number of nitrogens with zero attached hydrogens (tertiary/aromatic N) is 3. The average Bonchev–Trinajstić information content (AvgIpc) is 2.87. The molecule has 3 N–H and O–H groups in total. The van der Waals surface area contributed by atoms with Gasteiger partial charge in [0, 0.05) is 31.4 Å². The molecular formula is C12H12FN5O3. The fraction of sp³-hybridized carbons (Fsp3) is 0.167. The minimum atomic E-state index is -0.706. The van der Waals surface area contributed by atoms with Gasteiger partial charge in [-0.05, 0) is 6.07 Å². The summed E-state index contributed by atoms with van der Waals surface area (Å²) in [6, 6.07) is 2.81. The Bertz CT molecular complexity index is 685. The summed E-state index contributed by atoms with van der Waals surface area (Å²) in [7, 11) is 0. The molecule has 110 valence electrons. The Morgan fingerprint density at radius 3 is 2.95 bits per heavy atom. The van der Waals surface area contributed by atoms with E-state index < -0.39 is 22.3 Å². The highest BCUT2D eigenvalue weighted by molar-refractivity contribution is 6.03. The van der Waals surface area contributed by atoms with E-state index in [9.17, 15) is 19.3 Å². The first kappa shape index (κ1) is 14.6. The summed E-state index contributed by atoms with van der Waals surface area (Å²) in [5.41, 5.74) is 4.81. The summed E-state index contributed by atoms with van der Waals surface area (Å²) in [5.74, 6) is -1.36. The number of hydrogen-bond acceptors (Lipinski definition) is 5. The van der Waals surface area contributed by atoms with Crippen LogP contribution in [0.25, 0.3) is 0 Å². The van der Waals surface area contributed by atoms with Gasteiger partial charge in [0.2, 0.25) is 0 Å². The first-order chi connectivity index (χ1) is 10.0. The van der Waals surface area contributed by atoms with Crippen LogP contribution < -0.4 is 11.1 Å². The summed E-state index contributed by atoms with van der Waals surface area (Å²) in [4.78, 5) is 25.9. The van der Waals surface area contributed by atoms with Gasteiger partial charge < -0.3 is 15.6 Å². The van der Waals surface area contributed by atoms with Gasteiger partial charge in [-0.15, -0.1) is 0 Å². The fourth-order valence-corrected chi connectivity index (χ4v) is 1.70. The first-order valence-electron chi connectivity index (χ1n) is 5.98. The van der Waals surface area contributed by atoms with Crippen LogP contribution in [-0.4, -0.2) is 26.9 Å². The molecule has 0 saturated carbocycles. The number of nitro groups is 1. The van der Waals surface area contributed by atoms with Gasteiger partial charge in [-0.2, -0.15) is 0 Å². The third kappa shape index (κ3) is 3.39. The number of benzene rings is 1. The number of hydrogen-bond donors (Lipinski definition) is 2. The Morgan fingerprint density at radius 2 is 2.29 bits per heavy atom. The van der Waals surface area contributed by atoms with Crippen LogP contribution in [0.3, 0.4) is 0 Å². The maximum Gasteiger partial charge on any atom is 0.292 e. The Kier molecular flexibility index (Phi) is 4.24. The number of anilines is 1. The molecule has 0 fully saturated rings. The van der Waals surface area contributed by atoms with Crippen molar-refractivity contribution in [3.63, 3.8) is 0 Å². The molecule has 1 aromatic carbocycles. The highest BCUT2D eigenvalue weighted by atomic mass is 19.1. The van der Waals surface area contributed by atoms with Crippen molar-refractivity contribution in [2.24, 2.45) is 5.73 Å². The Labute approximate surface area is 118 Å². The summed E-state index contributed by atoms with van der Waals surface area (Å²) < 4.78 is 14.8. The van der Waals surface area contributed by atoms with Crippen molar-refractivity contribution in [3.05, 3.63) is 52.3 Å². The Morgan fingerprint density at radius 1 is 1.52 bits per heavy atom. The number of imidazole rings is 1. The van der Waals surface area contributed by atoms with Crippen molar-refractivity contribution in [3.8, 4) is 0 Å². The average molecular weight is 293 g/mol. The molecule has 0 aliphatic rings. The lowest BCUT2D eigenvalue weighted by Gasteiger charge is -2.04. The van der Waals surface area contributed by atoms with E-state index >= 15 is 0 Å². The fourth-order valence-electron chi connectivity index (χ4n) is 1.70. The molecule has 0 bridgehead atoms. The maximum atomic E-state index is 13.2. The smallest absolute Gasteiger partial charge is 0.292 e. The number of amides is 1. The van der Waals surface area contributed by atoms with Crippen molar-refractivity contribution in [1.82, 2.24) is 9.55 Å². The maximum absolute atomic E-state index is 13.2. The molecule has 21 heavy (non-hydrogen) atoms. The van der Waals surface area contributed by atoms with Gasteiger partial charge in [0.05, 0.1) is 11.3 Å². The number of carbonyl (C=O) groups excluding carboxylic acids is 1. The summed E-state index contributed by atoms with van der Waals surface area (Å²) in [6.07, 6.45) is 2.87. The molecule has 9 heteroatoms. The van der Waals surface area contributed by atoms with Crippen LogP contribution in [-0.2, 0) is 6.54 Å². The summed E-state index contributed by atoms with van der Waals surface area (Å²) >= 11 is 0. The third-order valence-corrected chi connectivity index (χ3v) is 2.66. The highest BCUT2D eigenvalue weighted by Crippen LogP contribution is 2.25. The normalized spacial score (nSPS) is 10.4. The second kappa shape index (κ2) is 6.09. The monoisotopic (exact) mass is 293 g/mol.